The summed E-state index contributed by atoms with van der Waals surface area (Å²) >= 11 is 0. The van der Waals surface area contributed by atoms with Crippen LogP contribution in [0.25, 0.3) is 98.8 Å². The van der Waals surface area contributed by atoms with Crippen LogP contribution in [-0.2, 0) is 6.42 Å². The second kappa shape index (κ2) is 11.8. The molecule has 9 aromatic carbocycles. The number of hydrogen-bond acceptors (Lipinski definition) is 2. The maximum absolute atomic E-state index is 9.51. The summed E-state index contributed by atoms with van der Waals surface area (Å²) in [6.45, 7) is 0. The van der Waals surface area contributed by atoms with Crippen LogP contribution in [0.5, 0.6) is 0 Å². The van der Waals surface area contributed by atoms with E-state index in [1.54, 1.807) is 18.2 Å². The molecule has 0 aliphatic rings. The molecule has 248 valence electrons. The summed E-state index contributed by atoms with van der Waals surface area (Å²) < 4.78 is 148. The highest BCUT2D eigenvalue weighted by molar-refractivity contribution is 6.21. The van der Waals surface area contributed by atoms with Crippen molar-refractivity contribution in [3.63, 3.8) is 0 Å². The Bertz CT molecular complexity index is 3960. The average Bonchev–Trinajstić information content (AvgIpc) is 3.91. The van der Waals surface area contributed by atoms with E-state index in [1.807, 2.05) is 72.8 Å². The minimum absolute atomic E-state index is 0.0167. The minimum atomic E-state index is -0.672. The summed E-state index contributed by atoms with van der Waals surface area (Å²) in [4.78, 5) is 0. The van der Waals surface area contributed by atoms with Crippen molar-refractivity contribution < 1.29 is 29.4 Å². The fraction of sp³-hybridized carbons (Fsp3) is 0.0196. The van der Waals surface area contributed by atoms with Crippen LogP contribution < -0.4 is 0 Å². The molecule has 53 heavy (non-hydrogen) atoms. The van der Waals surface area contributed by atoms with Gasteiger partial charge in [0, 0.05) is 44.5 Å². The van der Waals surface area contributed by atoms with E-state index >= 15 is 0 Å². The van der Waals surface area contributed by atoms with E-state index in [4.69, 9.17) is 23.9 Å². The number of hydrogen-bond donors (Lipinski definition) is 0. The molecular weight excluding hydrogens is 645 g/mol. The maximum atomic E-state index is 9.51. The molecule has 2 nitrogen and oxygen atoms in total. The van der Waals surface area contributed by atoms with E-state index in [1.165, 1.54) is 0 Å². The van der Waals surface area contributed by atoms with Gasteiger partial charge < -0.3 is 8.83 Å². The smallest absolute Gasteiger partial charge is 0.143 e. The molecule has 0 amide bonds. The van der Waals surface area contributed by atoms with Crippen LogP contribution in [0.1, 0.15) is 31.7 Å². The highest BCUT2D eigenvalue weighted by Crippen LogP contribution is 2.47. The van der Waals surface area contributed by atoms with Gasteiger partial charge in [0.05, 0.1) is 20.6 Å². The fourth-order valence-corrected chi connectivity index (χ4v) is 7.59. The molecule has 0 aliphatic carbocycles. The maximum Gasteiger partial charge on any atom is 0.143 e. The van der Waals surface area contributed by atoms with Crippen LogP contribution in [0.15, 0.2) is 190 Å². The Morgan fingerprint density at radius 2 is 1.06 bits per heavy atom. The molecule has 0 unspecified atom stereocenters. The second-order valence-corrected chi connectivity index (χ2v) is 12.8. The highest BCUT2D eigenvalue weighted by atomic mass is 16.3. The third kappa shape index (κ3) is 4.66. The fourth-order valence-electron chi connectivity index (χ4n) is 7.59. The van der Waals surface area contributed by atoms with Gasteiger partial charge in [0.25, 0.3) is 0 Å². The number of fused-ring (bicyclic) bond motifs is 7. The Kier molecular flexibility index (Phi) is 4.14. The molecule has 0 spiro atoms. The van der Waals surface area contributed by atoms with Crippen LogP contribution in [0.3, 0.4) is 0 Å². The quantitative estimate of drug-likeness (QED) is 0.168. The van der Waals surface area contributed by atoms with Crippen LogP contribution in [-0.4, -0.2) is 0 Å². The lowest BCUT2D eigenvalue weighted by molar-refractivity contribution is 0.629. The summed E-state index contributed by atoms with van der Waals surface area (Å²) in [6.07, 6.45) is -0.594. The third-order valence-electron chi connectivity index (χ3n) is 9.90. The first-order chi connectivity index (χ1) is 32.5. The molecule has 0 atom stereocenters. The van der Waals surface area contributed by atoms with Gasteiger partial charge in [-0.3, -0.25) is 0 Å². The number of rotatable bonds is 5. The lowest BCUT2D eigenvalue weighted by Gasteiger charge is -2.18. The second-order valence-electron chi connectivity index (χ2n) is 12.8. The first kappa shape index (κ1) is 18.5. The van der Waals surface area contributed by atoms with Crippen LogP contribution in [0, 0.1) is 0 Å². The van der Waals surface area contributed by atoms with E-state index in [-0.39, 0.29) is 60.2 Å². The lowest BCUT2D eigenvalue weighted by Crippen LogP contribution is -1.96. The van der Waals surface area contributed by atoms with Gasteiger partial charge in [-0.2, -0.15) is 0 Å². The number of furan rings is 2. The van der Waals surface area contributed by atoms with Gasteiger partial charge >= 0.3 is 0 Å². The molecular formula is C51H32O2. The van der Waals surface area contributed by atoms with Gasteiger partial charge in [0.2, 0.25) is 0 Å². The molecule has 0 radical (unpaired) electrons. The van der Waals surface area contributed by atoms with Crippen LogP contribution in [0.2, 0.25) is 0 Å². The van der Waals surface area contributed by atoms with Gasteiger partial charge in [0.1, 0.15) is 22.5 Å². The van der Waals surface area contributed by atoms with E-state index in [0.717, 1.165) is 22.1 Å². The van der Waals surface area contributed by atoms with Gasteiger partial charge in [-0.1, -0.05) is 169 Å². The Hall–Kier alpha value is -6.90. The molecule has 0 saturated carbocycles. The monoisotopic (exact) mass is 691 g/mol. The molecule has 0 N–H and O–H groups in total. The van der Waals surface area contributed by atoms with Gasteiger partial charge in [-0.05, 0) is 61.5 Å². The van der Waals surface area contributed by atoms with Crippen molar-refractivity contribution in [3.8, 4) is 33.6 Å². The molecule has 0 aliphatic heterocycles. The molecule has 11 aromatic rings. The zero-order valence-electron chi connectivity index (χ0n) is 42.7. The van der Waals surface area contributed by atoms with Crippen LogP contribution >= 0.6 is 0 Å². The van der Waals surface area contributed by atoms with Crippen molar-refractivity contribution >= 4 is 65.2 Å². The van der Waals surface area contributed by atoms with Gasteiger partial charge in [-0.25, -0.2) is 0 Å². The Morgan fingerprint density at radius 1 is 0.434 bits per heavy atom. The average molecular weight is 692 g/mol. The topological polar surface area (TPSA) is 26.3 Å². The van der Waals surface area contributed by atoms with Crippen molar-refractivity contribution in [2.45, 2.75) is 6.42 Å². The predicted octanol–water partition coefficient (Wildman–Crippen LogP) is 14.4. The van der Waals surface area contributed by atoms with Gasteiger partial charge in [0.15, 0.2) is 0 Å². The van der Waals surface area contributed by atoms with E-state index in [0.29, 0.717) is 27.7 Å². The molecule has 2 aromatic heterocycles. The van der Waals surface area contributed by atoms with E-state index < -0.39 is 97.1 Å². The van der Waals surface area contributed by atoms with E-state index in [2.05, 4.69) is 0 Å². The summed E-state index contributed by atoms with van der Waals surface area (Å²) in [6, 6.07) is 19.2. The SMILES string of the molecule is [2H]c1c([2H])c([2H])c2c(Cc3c4c([2H])c([2H])c([2H])c([2H])c4c(-c4cccc5c4oc4cc6oc(-c7ccccc7)c(-c7ccccc7)c6cc45)c4c([2H])c([2H])c([2H])c([2H])c34)c([2H])c([2H])c([2H])c2c1[2H]. The molecule has 2 heteroatoms. The zero-order chi connectivity index (χ0) is 47.9. The standard InChI is InChI=1S/C51H32O2/c1-3-16-33(17-4-1)48-45-30-44-41-27-14-28-42(51(41)53-46(44)31-47(45)52-50(48)34-18-5-2-6-19-34)49-39-25-11-9-23-37(39)43(38-24-10-12-26-40(38)49)29-35-21-13-20-32-15-7-8-22-36(32)35/h1-28,30-31H,29H2/i7D,8D,9D,10D,11D,12D,13D,15D,20D,21D,22D,23D,24D,25D,26D. The predicted molar refractivity (Wildman–Crippen MR) is 222 cm³/mol. The molecule has 0 saturated heterocycles. The Labute approximate surface area is 327 Å². The summed E-state index contributed by atoms with van der Waals surface area (Å²) in [5.74, 6) is 0.659. The summed E-state index contributed by atoms with van der Waals surface area (Å²) in [5, 5.41) is 0.828. The minimum Gasteiger partial charge on any atom is -0.455 e. The molecule has 11 rings (SSSR count). The Morgan fingerprint density at radius 3 is 1.79 bits per heavy atom. The summed E-state index contributed by atoms with van der Waals surface area (Å²) in [5.41, 5.74) is 3.78. The highest BCUT2D eigenvalue weighted by Gasteiger charge is 2.23. The molecule has 2 heterocycles. The van der Waals surface area contributed by atoms with Gasteiger partial charge in [-0.15, -0.1) is 0 Å². The van der Waals surface area contributed by atoms with E-state index in [9.17, 15) is 5.48 Å². The first-order valence-corrected chi connectivity index (χ1v) is 17.0. The van der Waals surface area contributed by atoms with Crippen molar-refractivity contribution in [1.29, 1.82) is 0 Å². The Balaban J connectivity index is 1.28. The summed E-state index contributed by atoms with van der Waals surface area (Å²) in [7, 11) is 0. The lowest BCUT2D eigenvalue weighted by atomic mass is 9.85. The number of benzene rings is 9. The largest absolute Gasteiger partial charge is 0.455 e. The van der Waals surface area contributed by atoms with Crippen LogP contribution in [0.4, 0.5) is 0 Å². The van der Waals surface area contributed by atoms with Crippen molar-refractivity contribution in [3.05, 3.63) is 193 Å². The van der Waals surface area contributed by atoms with Crippen molar-refractivity contribution in [1.82, 2.24) is 0 Å². The number of para-hydroxylation sites is 1. The van der Waals surface area contributed by atoms with Crippen molar-refractivity contribution in [2.24, 2.45) is 0 Å². The van der Waals surface area contributed by atoms with Crippen molar-refractivity contribution in [2.75, 3.05) is 0 Å². The molecule has 0 fully saturated rings. The normalized spacial score (nSPS) is 15.8. The molecule has 0 bridgehead atoms. The zero-order valence-corrected chi connectivity index (χ0v) is 27.7. The third-order valence-corrected chi connectivity index (χ3v) is 9.90. The first-order valence-electron chi connectivity index (χ1n) is 24.5.